The number of morpholine rings is 1. The molecule has 8 heteroatoms. The number of nitrogens with one attached hydrogen (secondary N) is 2. The zero-order valence-electron chi connectivity index (χ0n) is 17.9. The van der Waals surface area contributed by atoms with Gasteiger partial charge >= 0.3 is 0 Å². The highest BCUT2D eigenvalue weighted by Gasteiger charge is 2.20. The van der Waals surface area contributed by atoms with Gasteiger partial charge in [-0.25, -0.2) is 4.98 Å². The maximum absolute atomic E-state index is 13.4. The number of aryl methyl sites for hydroxylation is 1. The molecule has 1 aromatic heterocycles. The molecule has 1 aromatic carbocycles. The quantitative estimate of drug-likeness (QED) is 0.631. The number of piperidine rings is 1. The molecule has 0 saturated carbocycles. The van der Waals surface area contributed by atoms with Gasteiger partial charge in [-0.15, -0.1) is 0 Å². The smallest absolute Gasteiger partial charge is 0.263 e. The minimum absolute atomic E-state index is 0.0440. The lowest BCUT2D eigenvalue weighted by atomic mass is 10.1. The Kier molecular flexibility index (Phi) is 7.33. The zero-order chi connectivity index (χ0) is 20.8. The Bertz CT molecular complexity index is 888. The molecule has 4 rings (SSSR count). The van der Waals surface area contributed by atoms with Gasteiger partial charge in [0.05, 0.1) is 43.4 Å². The molecule has 2 aromatic rings. The summed E-state index contributed by atoms with van der Waals surface area (Å²) in [4.78, 5) is 20.5. The van der Waals surface area contributed by atoms with Crippen LogP contribution in [0.4, 0.5) is 5.69 Å². The fraction of sp³-hybridized carbons (Fsp3) is 0.636. The molecule has 0 aliphatic carbocycles. The third-order valence-electron chi connectivity index (χ3n) is 5.96. The predicted octanol–water partition coefficient (Wildman–Crippen LogP) is 1.39. The van der Waals surface area contributed by atoms with Crippen molar-refractivity contribution in [3.05, 3.63) is 34.4 Å². The van der Waals surface area contributed by atoms with E-state index in [0.717, 1.165) is 75.8 Å². The molecule has 2 saturated heterocycles. The summed E-state index contributed by atoms with van der Waals surface area (Å²) in [6, 6.07) is 5.98. The van der Waals surface area contributed by atoms with Crippen LogP contribution in [0.1, 0.15) is 24.7 Å². The van der Waals surface area contributed by atoms with Crippen LogP contribution < -0.4 is 16.2 Å². The largest absolute Gasteiger partial charge is 0.382 e. The monoisotopic (exact) mass is 415 g/mol. The van der Waals surface area contributed by atoms with Gasteiger partial charge in [-0.1, -0.05) is 6.07 Å². The molecule has 30 heavy (non-hydrogen) atoms. The summed E-state index contributed by atoms with van der Waals surface area (Å²) in [7, 11) is 0. The van der Waals surface area contributed by atoms with Gasteiger partial charge in [0.2, 0.25) is 0 Å². The first-order valence-electron chi connectivity index (χ1n) is 11.1. The van der Waals surface area contributed by atoms with Crippen LogP contribution in [0.5, 0.6) is 0 Å². The van der Waals surface area contributed by atoms with E-state index in [0.29, 0.717) is 25.1 Å². The maximum Gasteiger partial charge on any atom is 0.263 e. The fourth-order valence-electron chi connectivity index (χ4n) is 4.36. The Balaban J connectivity index is 1.39. The first kappa shape index (κ1) is 21.2. The first-order chi connectivity index (χ1) is 14.7. The Labute approximate surface area is 177 Å². The highest BCUT2D eigenvalue weighted by atomic mass is 16.5. The van der Waals surface area contributed by atoms with E-state index >= 15 is 0 Å². The number of benzene rings is 1. The molecule has 8 nitrogen and oxygen atoms in total. The van der Waals surface area contributed by atoms with Crippen molar-refractivity contribution in [2.24, 2.45) is 0 Å². The summed E-state index contributed by atoms with van der Waals surface area (Å²) in [6.07, 6.45) is 2.09. The zero-order valence-corrected chi connectivity index (χ0v) is 17.9. The second kappa shape index (κ2) is 10.3. The lowest BCUT2D eigenvalue weighted by molar-refractivity contribution is 0.0215. The molecule has 1 atom stereocenters. The number of anilines is 1. The lowest BCUT2D eigenvalue weighted by Gasteiger charge is -2.26. The molecule has 0 amide bonds. The van der Waals surface area contributed by atoms with Crippen LogP contribution in [0, 0.1) is 6.92 Å². The second-order valence-electron chi connectivity index (χ2n) is 8.03. The van der Waals surface area contributed by atoms with Gasteiger partial charge in [0.1, 0.15) is 5.82 Å². The molecule has 2 N–H and O–H groups in total. The average molecular weight is 416 g/mol. The minimum Gasteiger partial charge on any atom is -0.382 e. The van der Waals surface area contributed by atoms with Crippen molar-refractivity contribution in [1.82, 2.24) is 19.8 Å². The molecule has 0 spiro atoms. The molecular weight excluding hydrogens is 382 g/mol. The lowest BCUT2D eigenvalue weighted by Crippen LogP contribution is -2.38. The van der Waals surface area contributed by atoms with E-state index in [2.05, 4.69) is 15.5 Å². The van der Waals surface area contributed by atoms with Crippen LogP contribution in [-0.2, 0) is 9.47 Å². The Hall–Kier alpha value is -2.00. The summed E-state index contributed by atoms with van der Waals surface area (Å²) >= 11 is 0. The number of ether oxygens (including phenoxy) is 2. The van der Waals surface area contributed by atoms with Crippen molar-refractivity contribution in [2.45, 2.75) is 25.8 Å². The SMILES string of the molecule is Cc1nc2cccc(NCCOCCN3CCOCC3)c2c(=O)n1C1CCCNC1. The number of rotatable bonds is 8. The topological polar surface area (TPSA) is 80.7 Å². The third-order valence-corrected chi connectivity index (χ3v) is 5.96. The summed E-state index contributed by atoms with van der Waals surface area (Å²) in [5, 5.41) is 7.46. The van der Waals surface area contributed by atoms with Crippen LogP contribution in [-0.4, -0.2) is 80.1 Å². The van der Waals surface area contributed by atoms with Gasteiger partial charge in [0.25, 0.3) is 5.56 Å². The summed E-state index contributed by atoms with van der Waals surface area (Å²) in [5.74, 6) is 0.782. The van der Waals surface area contributed by atoms with Crippen LogP contribution in [0.2, 0.25) is 0 Å². The molecule has 1 unspecified atom stereocenters. The Morgan fingerprint density at radius 2 is 2.17 bits per heavy atom. The van der Waals surface area contributed by atoms with E-state index < -0.39 is 0 Å². The van der Waals surface area contributed by atoms with E-state index in [1.807, 2.05) is 29.7 Å². The van der Waals surface area contributed by atoms with Crippen LogP contribution in [0.25, 0.3) is 10.9 Å². The molecule has 0 radical (unpaired) electrons. The van der Waals surface area contributed by atoms with Crippen molar-refractivity contribution in [2.75, 3.05) is 71.0 Å². The summed E-state index contributed by atoms with van der Waals surface area (Å²) in [6.45, 7) is 10.2. The van der Waals surface area contributed by atoms with E-state index in [9.17, 15) is 4.79 Å². The fourth-order valence-corrected chi connectivity index (χ4v) is 4.36. The number of fused-ring (bicyclic) bond motifs is 1. The van der Waals surface area contributed by atoms with E-state index in [1.165, 1.54) is 0 Å². The number of hydrogen-bond donors (Lipinski definition) is 2. The Morgan fingerprint density at radius 3 is 2.97 bits per heavy atom. The van der Waals surface area contributed by atoms with Crippen molar-refractivity contribution < 1.29 is 9.47 Å². The van der Waals surface area contributed by atoms with E-state index in [-0.39, 0.29) is 11.6 Å². The second-order valence-corrected chi connectivity index (χ2v) is 8.03. The van der Waals surface area contributed by atoms with Crippen LogP contribution in [0.15, 0.2) is 23.0 Å². The molecule has 164 valence electrons. The normalized spacial score (nSPS) is 20.5. The van der Waals surface area contributed by atoms with E-state index in [4.69, 9.17) is 14.5 Å². The number of aromatic nitrogens is 2. The van der Waals surface area contributed by atoms with Crippen LogP contribution in [0.3, 0.4) is 0 Å². The van der Waals surface area contributed by atoms with Gasteiger partial charge in [-0.3, -0.25) is 14.3 Å². The summed E-state index contributed by atoms with van der Waals surface area (Å²) < 4.78 is 13.0. The summed E-state index contributed by atoms with van der Waals surface area (Å²) in [5.41, 5.74) is 1.62. The number of hydrogen-bond acceptors (Lipinski definition) is 7. The highest BCUT2D eigenvalue weighted by molar-refractivity contribution is 5.90. The standard InChI is InChI=1S/C22H33N5O3/c1-17-25-20-6-2-5-19(21(20)22(28)27(17)18-4-3-7-23-16-18)24-8-12-29-13-9-26-10-14-30-15-11-26/h2,5-6,18,23-24H,3-4,7-16H2,1H3. The van der Waals surface area contributed by atoms with Gasteiger partial charge in [-0.05, 0) is 38.4 Å². The third kappa shape index (κ3) is 5.00. The predicted molar refractivity (Wildman–Crippen MR) is 118 cm³/mol. The molecule has 2 aliphatic rings. The van der Waals surface area contributed by atoms with Gasteiger partial charge < -0.3 is 20.1 Å². The van der Waals surface area contributed by atoms with E-state index in [1.54, 1.807) is 0 Å². The van der Waals surface area contributed by atoms with Crippen LogP contribution >= 0.6 is 0 Å². The minimum atomic E-state index is 0.0440. The molecular formula is C22H33N5O3. The molecule has 2 aliphatic heterocycles. The van der Waals surface area contributed by atoms with Gasteiger partial charge in [0.15, 0.2) is 0 Å². The first-order valence-corrected chi connectivity index (χ1v) is 11.1. The van der Waals surface area contributed by atoms with Gasteiger partial charge in [-0.2, -0.15) is 0 Å². The Morgan fingerprint density at radius 1 is 1.30 bits per heavy atom. The van der Waals surface area contributed by atoms with Crippen molar-refractivity contribution in [3.63, 3.8) is 0 Å². The van der Waals surface area contributed by atoms with Crippen molar-refractivity contribution >= 4 is 16.6 Å². The van der Waals surface area contributed by atoms with Crippen molar-refractivity contribution in [3.8, 4) is 0 Å². The van der Waals surface area contributed by atoms with Crippen molar-refractivity contribution in [1.29, 1.82) is 0 Å². The number of nitrogens with zero attached hydrogens (tertiary/aromatic N) is 3. The van der Waals surface area contributed by atoms with Gasteiger partial charge in [0, 0.05) is 38.4 Å². The molecule has 0 bridgehead atoms. The maximum atomic E-state index is 13.4. The molecule has 3 heterocycles. The average Bonchev–Trinajstić information content (AvgIpc) is 2.77. The molecule has 2 fully saturated rings. The highest BCUT2D eigenvalue weighted by Crippen LogP contribution is 2.22.